The lowest BCUT2D eigenvalue weighted by atomic mass is 9.67. The highest BCUT2D eigenvalue weighted by atomic mass is 16.3. The van der Waals surface area contributed by atoms with E-state index in [0.717, 1.165) is 25.7 Å². The quantitative estimate of drug-likeness (QED) is 0.820. The molecule has 1 aliphatic rings. The predicted molar refractivity (Wildman–Crippen MR) is 70.8 cm³/mol. The maximum Gasteiger partial charge on any atom is 0.136 e. The molecule has 4 atom stereocenters. The topological polar surface area (TPSA) is 37.3 Å². The van der Waals surface area contributed by atoms with Gasteiger partial charge < -0.3 is 5.11 Å². The Kier molecular flexibility index (Phi) is 4.77. The first kappa shape index (κ1) is 14.7. The van der Waals surface area contributed by atoms with Gasteiger partial charge in [0, 0.05) is 12.3 Å². The number of carbonyl (C=O) groups excluding carboxylic acids is 1. The van der Waals surface area contributed by atoms with Crippen LogP contribution in [0.25, 0.3) is 0 Å². The van der Waals surface area contributed by atoms with Crippen molar-refractivity contribution in [1.82, 2.24) is 0 Å². The van der Waals surface area contributed by atoms with Crippen LogP contribution in [0.15, 0.2) is 0 Å². The van der Waals surface area contributed by atoms with Gasteiger partial charge >= 0.3 is 0 Å². The summed E-state index contributed by atoms with van der Waals surface area (Å²) in [5.74, 6) is 1.46. The van der Waals surface area contributed by atoms with Gasteiger partial charge in [-0.15, -0.1) is 0 Å². The molecule has 2 heteroatoms. The highest BCUT2D eigenvalue weighted by Gasteiger charge is 2.35. The molecule has 0 spiro atoms. The van der Waals surface area contributed by atoms with Gasteiger partial charge in [-0.1, -0.05) is 27.7 Å². The van der Waals surface area contributed by atoms with Crippen LogP contribution in [0.4, 0.5) is 0 Å². The Morgan fingerprint density at radius 3 is 2.41 bits per heavy atom. The van der Waals surface area contributed by atoms with Crippen LogP contribution in [0.2, 0.25) is 0 Å². The van der Waals surface area contributed by atoms with Crippen molar-refractivity contribution in [1.29, 1.82) is 0 Å². The summed E-state index contributed by atoms with van der Waals surface area (Å²) >= 11 is 0. The van der Waals surface area contributed by atoms with E-state index in [4.69, 9.17) is 0 Å². The van der Waals surface area contributed by atoms with Gasteiger partial charge in [0.15, 0.2) is 0 Å². The molecule has 1 fully saturated rings. The Bertz CT molecular complexity index is 263. The van der Waals surface area contributed by atoms with Crippen LogP contribution < -0.4 is 0 Å². The van der Waals surface area contributed by atoms with E-state index in [9.17, 15) is 9.90 Å². The fourth-order valence-corrected chi connectivity index (χ4v) is 2.77. The van der Waals surface area contributed by atoms with Crippen molar-refractivity contribution in [2.45, 2.75) is 66.4 Å². The highest BCUT2D eigenvalue weighted by molar-refractivity contribution is 5.81. The summed E-state index contributed by atoms with van der Waals surface area (Å²) in [5.41, 5.74) is 0.299. The van der Waals surface area contributed by atoms with E-state index in [1.807, 2.05) is 13.8 Å². The van der Waals surface area contributed by atoms with Gasteiger partial charge in [-0.2, -0.15) is 0 Å². The molecular formula is C15H28O2. The van der Waals surface area contributed by atoms with Crippen molar-refractivity contribution in [2.24, 2.45) is 23.2 Å². The first-order valence-electron chi connectivity index (χ1n) is 6.92. The number of carbonyl (C=O) groups is 1. The molecule has 0 amide bonds. The highest BCUT2D eigenvalue weighted by Crippen LogP contribution is 2.40. The van der Waals surface area contributed by atoms with Gasteiger partial charge in [0.1, 0.15) is 5.78 Å². The molecule has 0 bridgehead atoms. The minimum absolute atomic E-state index is 0.178. The molecule has 0 aromatic carbocycles. The van der Waals surface area contributed by atoms with Crippen molar-refractivity contribution in [3.05, 3.63) is 0 Å². The van der Waals surface area contributed by atoms with Crippen molar-refractivity contribution in [2.75, 3.05) is 0 Å². The first-order chi connectivity index (χ1) is 7.71. The lowest BCUT2D eigenvalue weighted by molar-refractivity contribution is -0.127. The Hall–Kier alpha value is -0.370. The number of aliphatic hydroxyl groups is 1. The number of hydrogen-bond acceptors (Lipinski definition) is 2. The van der Waals surface area contributed by atoms with E-state index in [0.29, 0.717) is 17.1 Å². The number of hydrogen-bond donors (Lipinski definition) is 1. The Morgan fingerprint density at radius 1 is 1.35 bits per heavy atom. The largest absolute Gasteiger partial charge is 0.393 e. The normalized spacial score (nSPS) is 30.1. The predicted octanol–water partition coefficient (Wildman–Crippen LogP) is 3.42. The van der Waals surface area contributed by atoms with Gasteiger partial charge in [0.2, 0.25) is 0 Å². The maximum absolute atomic E-state index is 11.9. The summed E-state index contributed by atoms with van der Waals surface area (Å²) in [7, 11) is 0. The standard InChI is InChI=1S/C15H28O2/c1-10(11(2)16)8-12-9-13(15(3,4)5)6-7-14(12)17/h10-13,16H,6-9H2,1-5H3. The lowest BCUT2D eigenvalue weighted by Gasteiger charge is -2.37. The molecule has 1 saturated carbocycles. The van der Waals surface area contributed by atoms with Gasteiger partial charge in [-0.25, -0.2) is 0 Å². The molecule has 100 valence electrons. The van der Waals surface area contributed by atoms with Crippen LogP contribution in [-0.4, -0.2) is 17.0 Å². The second-order valence-electron chi connectivity index (χ2n) is 6.95. The Labute approximate surface area is 106 Å². The van der Waals surface area contributed by atoms with Crippen LogP contribution in [0.3, 0.4) is 0 Å². The minimum atomic E-state index is -0.308. The molecule has 0 aromatic rings. The minimum Gasteiger partial charge on any atom is -0.393 e. The second-order valence-corrected chi connectivity index (χ2v) is 6.95. The summed E-state index contributed by atoms with van der Waals surface area (Å²) in [4.78, 5) is 11.9. The van der Waals surface area contributed by atoms with Crippen molar-refractivity contribution in [3.63, 3.8) is 0 Å². The lowest BCUT2D eigenvalue weighted by Crippen LogP contribution is -2.33. The van der Waals surface area contributed by atoms with Gasteiger partial charge in [0.05, 0.1) is 6.10 Å². The average molecular weight is 240 g/mol. The zero-order valence-electron chi connectivity index (χ0n) is 12.0. The van der Waals surface area contributed by atoms with E-state index >= 15 is 0 Å². The van der Waals surface area contributed by atoms with Crippen LogP contribution >= 0.6 is 0 Å². The third-order valence-corrected chi connectivity index (χ3v) is 4.47. The maximum atomic E-state index is 11.9. The van der Waals surface area contributed by atoms with E-state index < -0.39 is 0 Å². The SMILES string of the molecule is CC(O)C(C)CC1CC(C(C)(C)C)CCC1=O. The van der Waals surface area contributed by atoms with Crippen LogP contribution in [0.5, 0.6) is 0 Å². The number of rotatable bonds is 3. The van der Waals surface area contributed by atoms with Gasteiger partial charge in [-0.3, -0.25) is 4.79 Å². The summed E-state index contributed by atoms with van der Waals surface area (Å²) in [6.45, 7) is 10.7. The molecular weight excluding hydrogens is 212 g/mol. The molecule has 0 saturated heterocycles. The molecule has 1 rings (SSSR count). The summed E-state index contributed by atoms with van der Waals surface area (Å²) in [6.07, 6.45) is 3.33. The number of ketones is 1. The monoisotopic (exact) mass is 240 g/mol. The molecule has 1 aliphatic carbocycles. The summed E-state index contributed by atoms with van der Waals surface area (Å²) in [5, 5.41) is 9.55. The third-order valence-electron chi connectivity index (χ3n) is 4.47. The molecule has 0 heterocycles. The number of aliphatic hydroxyl groups excluding tert-OH is 1. The summed E-state index contributed by atoms with van der Waals surface area (Å²) in [6, 6.07) is 0. The molecule has 17 heavy (non-hydrogen) atoms. The van der Waals surface area contributed by atoms with Crippen LogP contribution in [0, 0.1) is 23.2 Å². The van der Waals surface area contributed by atoms with Crippen molar-refractivity contribution in [3.8, 4) is 0 Å². The molecule has 1 N–H and O–H groups in total. The molecule has 2 nitrogen and oxygen atoms in total. The zero-order chi connectivity index (χ0) is 13.2. The smallest absolute Gasteiger partial charge is 0.136 e. The van der Waals surface area contributed by atoms with Gasteiger partial charge in [0.25, 0.3) is 0 Å². The van der Waals surface area contributed by atoms with Crippen LogP contribution in [-0.2, 0) is 4.79 Å². The second kappa shape index (κ2) is 5.51. The van der Waals surface area contributed by atoms with E-state index in [1.165, 1.54) is 0 Å². The molecule has 0 aliphatic heterocycles. The third kappa shape index (κ3) is 4.09. The average Bonchev–Trinajstić information content (AvgIpc) is 2.19. The summed E-state index contributed by atoms with van der Waals surface area (Å²) < 4.78 is 0. The fourth-order valence-electron chi connectivity index (χ4n) is 2.77. The molecule has 4 unspecified atom stereocenters. The Balaban J connectivity index is 2.61. The fraction of sp³-hybridized carbons (Fsp3) is 0.933. The first-order valence-corrected chi connectivity index (χ1v) is 6.92. The van der Waals surface area contributed by atoms with Gasteiger partial charge in [-0.05, 0) is 43.4 Å². The van der Waals surface area contributed by atoms with E-state index in [2.05, 4.69) is 20.8 Å². The van der Waals surface area contributed by atoms with E-state index in [-0.39, 0.29) is 17.9 Å². The zero-order valence-corrected chi connectivity index (χ0v) is 12.0. The van der Waals surface area contributed by atoms with E-state index in [1.54, 1.807) is 0 Å². The van der Waals surface area contributed by atoms with Crippen molar-refractivity contribution >= 4 is 5.78 Å². The number of Topliss-reactive ketones (excluding diaryl/α,β-unsaturated/α-hetero) is 1. The van der Waals surface area contributed by atoms with Crippen LogP contribution in [0.1, 0.15) is 60.3 Å². The molecule has 0 radical (unpaired) electrons. The molecule has 0 aromatic heterocycles. The Morgan fingerprint density at radius 2 is 1.94 bits per heavy atom. The van der Waals surface area contributed by atoms with Crippen molar-refractivity contribution < 1.29 is 9.90 Å².